The first kappa shape index (κ1) is 22.2. The van der Waals surface area contributed by atoms with Crippen molar-refractivity contribution in [3.8, 4) is 5.75 Å². The molecule has 1 saturated heterocycles. The minimum absolute atomic E-state index is 0.0525. The maximum Gasteiger partial charge on any atom is 0.226 e. The number of fused-ring (bicyclic) bond motifs is 4. The van der Waals surface area contributed by atoms with Gasteiger partial charge in [-0.15, -0.1) is 11.3 Å². The third kappa shape index (κ3) is 4.00. The van der Waals surface area contributed by atoms with Gasteiger partial charge in [0.1, 0.15) is 22.7 Å². The fraction of sp³-hybridized carbons (Fsp3) is 0.440. The van der Waals surface area contributed by atoms with E-state index >= 15 is 0 Å². The molecule has 1 aliphatic carbocycles. The molecular weight excluding hydrogens is 462 g/mol. The molecule has 1 fully saturated rings. The molecule has 0 bridgehead atoms. The summed E-state index contributed by atoms with van der Waals surface area (Å²) in [4.78, 5) is 29.1. The van der Waals surface area contributed by atoms with Gasteiger partial charge in [0, 0.05) is 48.4 Å². The number of hydrogen-bond donors (Lipinski definition) is 2. The molecule has 4 heterocycles. The second-order valence-electron chi connectivity index (χ2n) is 9.24. The SMILES string of the molecule is CCN1CCN(C(=O)[C@H]2CCc3c(sc4ncnc(Nc5cc6cn[nH]c6cc5OC)c34)C2)CC1. The molecule has 0 spiro atoms. The Morgan fingerprint density at radius 1 is 1.26 bits per heavy atom. The Labute approximate surface area is 207 Å². The lowest BCUT2D eigenvalue weighted by molar-refractivity contribution is -0.137. The molecule has 9 nitrogen and oxygen atoms in total. The normalized spacial score (nSPS) is 18.7. The fourth-order valence-electron chi connectivity index (χ4n) is 5.32. The molecule has 1 aromatic carbocycles. The number of methoxy groups -OCH3 is 1. The van der Waals surface area contributed by atoms with Crippen molar-refractivity contribution in [2.75, 3.05) is 45.2 Å². The highest BCUT2D eigenvalue weighted by molar-refractivity contribution is 7.19. The van der Waals surface area contributed by atoms with Crippen molar-refractivity contribution >= 4 is 49.9 Å². The first-order valence-electron chi connectivity index (χ1n) is 12.2. The number of nitrogens with one attached hydrogen (secondary N) is 2. The Kier molecular flexibility index (Phi) is 5.77. The van der Waals surface area contributed by atoms with Gasteiger partial charge in [-0.25, -0.2) is 9.97 Å². The first-order chi connectivity index (χ1) is 17.1. The molecule has 182 valence electrons. The number of aromatic nitrogens is 4. The number of carbonyl (C=O) groups is 1. The number of rotatable bonds is 5. The summed E-state index contributed by atoms with van der Waals surface area (Å²) >= 11 is 1.69. The van der Waals surface area contributed by atoms with Gasteiger partial charge in [0.15, 0.2) is 0 Å². The zero-order chi connectivity index (χ0) is 23.9. The van der Waals surface area contributed by atoms with Crippen LogP contribution in [-0.4, -0.2) is 75.7 Å². The van der Waals surface area contributed by atoms with Crippen LogP contribution in [0.3, 0.4) is 0 Å². The summed E-state index contributed by atoms with van der Waals surface area (Å²) in [6.45, 7) is 6.86. The Balaban J connectivity index is 1.27. The van der Waals surface area contributed by atoms with E-state index in [2.05, 4.69) is 42.2 Å². The third-order valence-corrected chi connectivity index (χ3v) is 8.50. The number of carbonyl (C=O) groups excluding carboxylic acids is 1. The zero-order valence-electron chi connectivity index (χ0n) is 20.0. The first-order valence-corrected chi connectivity index (χ1v) is 13.0. The Hall–Kier alpha value is -3.24. The van der Waals surface area contributed by atoms with E-state index in [1.54, 1.807) is 31.0 Å². The van der Waals surface area contributed by atoms with Gasteiger partial charge in [-0.3, -0.25) is 9.89 Å². The van der Waals surface area contributed by atoms with Crippen LogP contribution in [0.25, 0.3) is 21.1 Å². The van der Waals surface area contributed by atoms with Gasteiger partial charge in [0.05, 0.1) is 29.9 Å². The van der Waals surface area contributed by atoms with E-state index in [1.807, 2.05) is 12.1 Å². The molecule has 3 aromatic heterocycles. The van der Waals surface area contributed by atoms with Crippen LogP contribution in [0.1, 0.15) is 23.8 Å². The number of aryl methyl sites for hydroxylation is 1. The molecule has 2 aliphatic rings. The number of hydrogen-bond acceptors (Lipinski definition) is 8. The van der Waals surface area contributed by atoms with E-state index in [4.69, 9.17) is 4.74 Å². The summed E-state index contributed by atoms with van der Waals surface area (Å²) in [5.74, 6) is 1.85. The van der Waals surface area contributed by atoms with E-state index in [0.29, 0.717) is 11.7 Å². The third-order valence-electron chi connectivity index (χ3n) is 7.34. The zero-order valence-corrected chi connectivity index (χ0v) is 20.8. The van der Waals surface area contributed by atoms with E-state index in [1.165, 1.54) is 10.4 Å². The predicted octanol–water partition coefficient (Wildman–Crippen LogP) is 3.59. The number of anilines is 2. The molecule has 4 aromatic rings. The monoisotopic (exact) mass is 491 g/mol. The molecule has 10 heteroatoms. The quantitative estimate of drug-likeness (QED) is 0.440. The van der Waals surface area contributed by atoms with Gasteiger partial charge >= 0.3 is 0 Å². The van der Waals surface area contributed by atoms with Crippen LogP contribution in [0.5, 0.6) is 5.75 Å². The summed E-state index contributed by atoms with van der Waals surface area (Å²) in [5, 5.41) is 12.6. The molecule has 1 atom stereocenters. The maximum absolute atomic E-state index is 13.3. The van der Waals surface area contributed by atoms with Crippen molar-refractivity contribution in [1.82, 2.24) is 30.0 Å². The van der Waals surface area contributed by atoms with Crippen LogP contribution in [0.4, 0.5) is 11.5 Å². The van der Waals surface area contributed by atoms with Crippen molar-refractivity contribution in [3.63, 3.8) is 0 Å². The average Bonchev–Trinajstić information content (AvgIpc) is 3.51. The highest BCUT2D eigenvalue weighted by Gasteiger charge is 2.32. The summed E-state index contributed by atoms with van der Waals surface area (Å²) in [6.07, 6.45) is 5.91. The molecule has 1 amide bonds. The minimum atomic E-state index is 0.0525. The number of thiophene rings is 1. The van der Waals surface area contributed by atoms with Crippen molar-refractivity contribution < 1.29 is 9.53 Å². The van der Waals surface area contributed by atoms with Gasteiger partial charge in [-0.05, 0) is 37.4 Å². The lowest BCUT2D eigenvalue weighted by Crippen LogP contribution is -2.50. The summed E-state index contributed by atoms with van der Waals surface area (Å²) < 4.78 is 5.62. The fourth-order valence-corrected chi connectivity index (χ4v) is 6.59. The van der Waals surface area contributed by atoms with Crippen molar-refractivity contribution in [2.45, 2.75) is 26.2 Å². The van der Waals surface area contributed by atoms with E-state index < -0.39 is 0 Å². The molecule has 0 radical (unpaired) electrons. The van der Waals surface area contributed by atoms with Crippen molar-refractivity contribution in [2.24, 2.45) is 5.92 Å². The standard InChI is InChI=1S/C25H29N7O2S/c1-3-31-6-8-32(9-7-31)25(33)15-4-5-17-21(11-15)35-24-22(17)23(26-14-27-24)29-19-10-16-13-28-30-18(16)12-20(19)34-2/h10,12-15H,3-9,11H2,1-2H3,(H,28,30)(H,26,27,29)/t15-/m0/s1. The number of nitrogens with zero attached hydrogens (tertiary/aromatic N) is 5. The van der Waals surface area contributed by atoms with E-state index in [9.17, 15) is 4.79 Å². The Morgan fingerprint density at radius 2 is 2.11 bits per heavy atom. The number of aromatic amines is 1. The van der Waals surface area contributed by atoms with Crippen LogP contribution in [-0.2, 0) is 17.6 Å². The second-order valence-corrected chi connectivity index (χ2v) is 10.3. The van der Waals surface area contributed by atoms with Crippen LogP contribution in [0.2, 0.25) is 0 Å². The summed E-state index contributed by atoms with van der Waals surface area (Å²) in [6, 6.07) is 3.94. The van der Waals surface area contributed by atoms with E-state index in [0.717, 1.165) is 84.6 Å². The Morgan fingerprint density at radius 3 is 2.91 bits per heavy atom. The number of benzene rings is 1. The molecule has 1 aliphatic heterocycles. The van der Waals surface area contributed by atoms with Gasteiger partial charge < -0.3 is 19.9 Å². The maximum atomic E-state index is 13.3. The number of piperazine rings is 1. The number of likely N-dealkylation sites (N-methyl/N-ethyl adjacent to an activating group) is 1. The minimum Gasteiger partial charge on any atom is -0.494 e. The number of ether oxygens (including phenoxy) is 1. The van der Waals surface area contributed by atoms with Crippen LogP contribution in [0.15, 0.2) is 24.7 Å². The van der Waals surface area contributed by atoms with Gasteiger partial charge in [-0.1, -0.05) is 6.92 Å². The Bertz CT molecular complexity index is 1390. The van der Waals surface area contributed by atoms with Crippen molar-refractivity contribution in [3.05, 3.63) is 35.1 Å². The smallest absolute Gasteiger partial charge is 0.226 e. The summed E-state index contributed by atoms with van der Waals surface area (Å²) in [5.41, 5.74) is 3.02. The average molecular weight is 492 g/mol. The largest absolute Gasteiger partial charge is 0.494 e. The topological polar surface area (TPSA) is 99.3 Å². The molecule has 0 unspecified atom stereocenters. The molecule has 35 heavy (non-hydrogen) atoms. The molecular formula is C25H29N7O2S. The van der Waals surface area contributed by atoms with E-state index in [-0.39, 0.29) is 5.92 Å². The molecule has 0 saturated carbocycles. The predicted molar refractivity (Wildman–Crippen MR) is 138 cm³/mol. The van der Waals surface area contributed by atoms with Crippen LogP contribution < -0.4 is 10.1 Å². The highest BCUT2D eigenvalue weighted by Crippen LogP contribution is 2.42. The lowest BCUT2D eigenvalue weighted by Gasteiger charge is -2.36. The highest BCUT2D eigenvalue weighted by atomic mass is 32.1. The number of amides is 1. The number of H-pyrrole nitrogens is 1. The van der Waals surface area contributed by atoms with Gasteiger partial charge in [0.25, 0.3) is 0 Å². The van der Waals surface area contributed by atoms with Gasteiger partial charge in [-0.2, -0.15) is 5.10 Å². The lowest BCUT2D eigenvalue weighted by atomic mass is 9.86. The molecule has 6 rings (SSSR count). The van der Waals surface area contributed by atoms with Crippen LogP contribution in [0, 0.1) is 5.92 Å². The molecule has 2 N–H and O–H groups in total. The summed E-state index contributed by atoms with van der Waals surface area (Å²) in [7, 11) is 1.66. The van der Waals surface area contributed by atoms with Gasteiger partial charge in [0.2, 0.25) is 5.91 Å². The second kappa shape index (κ2) is 9.09. The van der Waals surface area contributed by atoms with Crippen molar-refractivity contribution in [1.29, 1.82) is 0 Å². The van der Waals surface area contributed by atoms with Crippen LogP contribution >= 0.6 is 11.3 Å².